The van der Waals surface area contributed by atoms with Crippen LogP contribution in [0.5, 0.6) is 17.2 Å². The van der Waals surface area contributed by atoms with E-state index in [0.717, 1.165) is 11.3 Å². The van der Waals surface area contributed by atoms with Crippen molar-refractivity contribution in [1.29, 1.82) is 0 Å². The van der Waals surface area contributed by atoms with E-state index in [1.165, 1.54) is 7.11 Å². The molecule has 1 fully saturated rings. The molecule has 2 aromatic rings. The molecule has 0 spiro atoms. The predicted molar refractivity (Wildman–Crippen MR) is 156 cm³/mol. The van der Waals surface area contributed by atoms with Crippen LogP contribution in [0.4, 0.5) is 0 Å². The summed E-state index contributed by atoms with van der Waals surface area (Å²) < 4.78 is 40.9. The van der Waals surface area contributed by atoms with Gasteiger partial charge < -0.3 is 33.2 Å². The van der Waals surface area contributed by atoms with Crippen molar-refractivity contribution in [2.45, 2.75) is 71.7 Å². The average Bonchev–Trinajstić information content (AvgIpc) is 3.27. The molecule has 0 bridgehead atoms. The fourth-order valence-electron chi connectivity index (χ4n) is 4.94. The largest absolute Gasteiger partial charge is 0.497 e. The number of fused-ring (bicyclic) bond motifs is 2. The number of esters is 1. The maximum atomic E-state index is 13.6. The van der Waals surface area contributed by atoms with Crippen LogP contribution in [-0.2, 0) is 25.6 Å². The van der Waals surface area contributed by atoms with Crippen molar-refractivity contribution in [2.24, 2.45) is 11.8 Å². The molecule has 8 nitrogen and oxygen atoms in total. The summed E-state index contributed by atoms with van der Waals surface area (Å²) in [6, 6.07) is 11.2. The molecule has 222 valence electrons. The van der Waals surface area contributed by atoms with Crippen LogP contribution in [0.25, 0.3) is 6.08 Å². The average molecular weight is 567 g/mol. The Morgan fingerprint density at radius 1 is 0.927 bits per heavy atom. The van der Waals surface area contributed by atoms with E-state index >= 15 is 0 Å². The van der Waals surface area contributed by atoms with Crippen molar-refractivity contribution >= 4 is 12.0 Å². The molecule has 1 saturated heterocycles. The van der Waals surface area contributed by atoms with Gasteiger partial charge in [-0.15, -0.1) is 0 Å². The third-order valence-electron chi connectivity index (χ3n) is 7.36. The summed E-state index contributed by atoms with van der Waals surface area (Å²) in [5, 5.41) is 0. The highest BCUT2D eigenvalue weighted by atomic mass is 16.8. The van der Waals surface area contributed by atoms with Crippen LogP contribution in [0.3, 0.4) is 0 Å². The van der Waals surface area contributed by atoms with Gasteiger partial charge in [0.1, 0.15) is 35.5 Å². The SMILES string of the molecule is COCOc1cc(OCc2ccc(OC)cc2)cc2c1C(=O)OC(C)[C@H](C)/C=C\C(C)C1OC(C)(C)OC1CC=C2. The zero-order chi connectivity index (χ0) is 29.6. The molecule has 0 N–H and O–H groups in total. The lowest BCUT2D eigenvalue weighted by atomic mass is 9.94. The van der Waals surface area contributed by atoms with Gasteiger partial charge in [-0.05, 0) is 56.5 Å². The molecule has 2 aliphatic heterocycles. The van der Waals surface area contributed by atoms with Gasteiger partial charge in [0, 0.05) is 25.0 Å². The van der Waals surface area contributed by atoms with Gasteiger partial charge in [-0.25, -0.2) is 4.79 Å². The smallest absolute Gasteiger partial charge is 0.342 e. The molecular formula is C33H42O8. The van der Waals surface area contributed by atoms with E-state index in [1.54, 1.807) is 13.2 Å². The zero-order valence-electron chi connectivity index (χ0n) is 25.0. The molecule has 2 heterocycles. The number of hydrogen-bond donors (Lipinski definition) is 0. The van der Waals surface area contributed by atoms with Crippen molar-refractivity contribution in [3.63, 3.8) is 0 Å². The lowest BCUT2D eigenvalue weighted by Gasteiger charge is -2.23. The molecule has 0 aromatic heterocycles. The number of hydrogen-bond acceptors (Lipinski definition) is 8. The maximum Gasteiger partial charge on any atom is 0.342 e. The summed E-state index contributed by atoms with van der Waals surface area (Å²) in [7, 11) is 3.16. The van der Waals surface area contributed by atoms with Gasteiger partial charge in [0.25, 0.3) is 0 Å². The molecule has 4 rings (SSSR count). The van der Waals surface area contributed by atoms with Crippen LogP contribution in [0.15, 0.2) is 54.6 Å². The molecule has 0 radical (unpaired) electrons. The Balaban J connectivity index is 1.71. The number of methoxy groups -OCH3 is 2. The minimum Gasteiger partial charge on any atom is -0.497 e. The normalized spacial score (nSPS) is 26.7. The molecule has 0 amide bonds. The van der Waals surface area contributed by atoms with Crippen LogP contribution < -0.4 is 14.2 Å². The van der Waals surface area contributed by atoms with Crippen molar-refractivity contribution in [2.75, 3.05) is 21.0 Å². The second-order valence-electron chi connectivity index (χ2n) is 11.1. The Bertz CT molecular complexity index is 1230. The Morgan fingerprint density at radius 3 is 2.37 bits per heavy atom. The lowest BCUT2D eigenvalue weighted by molar-refractivity contribution is -0.148. The summed E-state index contributed by atoms with van der Waals surface area (Å²) in [4.78, 5) is 13.6. The van der Waals surface area contributed by atoms with Crippen LogP contribution in [0, 0.1) is 11.8 Å². The second kappa shape index (κ2) is 13.6. The van der Waals surface area contributed by atoms with E-state index in [4.69, 9.17) is 33.2 Å². The number of cyclic esters (lactones) is 1. The van der Waals surface area contributed by atoms with E-state index in [9.17, 15) is 4.79 Å². The van der Waals surface area contributed by atoms with Crippen LogP contribution in [0.1, 0.15) is 62.5 Å². The van der Waals surface area contributed by atoms with E-state index in [2.05, 4.69) is 19.1 Å². The number of benzene rings is 2. The van der Waals surface area contributed by atoms with Crippen LogP contribution in [-0.4, -0.2) is 51.1 Å². The first-order valence-electron chi connectivity index (χ1n) is 14.1. The number of carbonyl (C=O) groups is 1. The lowest BCUT2D eigenvalue weighted by Crippen LogP contribution is -2.29. The minimum absolute atomic E-state index is 0.0208. The van der Waals surface area contributed by atoms with Gasteiger partial charge in [0.05, 0.1) is 19.3 Å². The van der Waals surface area contributed by atoms with Crippen molar-refractivity contribution in [1.82, 2.24) is 0 Å². The Kier molecular flexibility index (Phi) is 10.1. The van der Waals surface area contributed by atoms with Crippen molar-refractivity contribution in [3.8, 4) is 17.2 Å². The summed E-state index contributed by atoms with van der Waals surface area (Å²) in [6.07, 6.45) is 8.05. The zero-order valence-corrected chi connectivity index (χ0v) is 25.0. The van der Waals surface area contributed by atoms with Gasteiger partial charge >= 0.3 is 5.97 Å². The third-order valence-corrected chi connectivity index (χ3v) is 7.36. The fourth-order valence-corrected chi connectivity index (χ4v) is 4.94. The van der Waals surface area contributed by atoms with Crippen molar-refractivity contribution in [3.05, 3.63) is 71.3 Å². The second-order valence-corrected chi connectivity index (χ2v) is 11.1. The Morgan fingerprint density at radius 2 is 1.66 bits per heavy atom. The first kappa shape index (κ1) is 30.6. The van der Waals surface area contributed by atoms with E-state index in [1.807, 2.05) is 70.2 Å². The van der Waals surface area contributed by atoms with Gasteiger partial charge in [-0.1, -0.05) is 50.3 Å². The Labute approximate surface area is 243 Å². The first-order valence-corrected chi connectivity index (χ1v) is 14.1. The van der Waals surface area contributed by atoms with E-state index < -0.39 is 11.8 Å². The first-order chi connectivity index (χ1) is 19.6. The minimum atomic E-state index is -0.682. The van der Waals surface area contributed by atoms with E-state index in [-0.39, 0.29) is 36.9 Å². The van der Waals surface area contributed by atoms with Crippen LogP contribution in [0.2, 0.25) is 0 Å². The standard InChI is InChI=1S/C33H42O8/c1-21-11-12-22(2)31-28(40-33(4,5)41-31)10-8-9-25-17-27(37-19-24-13-15-26(36-7)16-14-24)18-29(38-20-35-6)30(25)32(34)39-23(21)3/h8-9,11-18,21-23,28,31H,10,19-20H2,1-7H3/b9-8?,12-11-/t21-,22?,23?,28?,31?/m1/s1. The number of rotatable bonds is 7. The predicted octanol–water partition coefficient (Wildman–Crippen LogP) is 6.57. The quantitative estimate of drug-likeness (QED) is 0.212. The summed E-state index contributed by atoms with van der Waals surface area (Å²) in [5.74, 6) is 0.569. The van der Waals surface area contributed by atoms with Gasteiger partial charge in [0.2, 0.25) is 0 Å². The number of ether oxygens (including phenoxy) is 7. The monoisotopic (exact) mass is 566 g/mol. The van der Waals surface area contributed by atoms with Gasteiger partial charge in [-0.3, -0.25) is 0 Å². The number of carbonyl (C=O) groups excluding carboxylic acids is 1. The highest BCUT2D eigenvalue weighted by Gasteiger charge is 2.42. The summed E-state index contributed by atoms with van der Waals surface area (Å²) in [5.41, 5.74) is 1.89. The summed E-state index contributed by atoms with van der Waals surface area (Å²) >= 11 is 0. The highest BCUT2D eigenvalue weighted by molar-refractivity contribution is 5.97. The molecule has 5 atom stereocenters. The molecule has 4 unspecified atom stereocenters. The molecule has 2 aliphatic rings. The molecule has 0 aliphatic carbocycles. The summed E-state index contributed by atoms with van der Waals surface area (Å²) in [6.45, 7) is 10.2. The van der Waals surface area contributed by atoms with E-state index in [0.29, 0.717) is 35.7 Å². The van der Waals surface area contributed by atoms with Gasteiger partial charge in [0.15, 0.2) is 12.6 Å². The third kappa shape index (κ3) is 7.91. The highest BCUT2D eigenvalue weighted by Crippen LogP contribution is 2.36. The molecule has 8 heteroatoms. The fraction of sp³-hybridized carbons (Fsp3) is 0.485. The van der Waals surface area contributed by atoms with Gasteiger partial charge in [-0.2, -0.15) is 0 Å². The van der Waals surface area contributed by atoms with Crippen molar-refractivity contribution < 1.29 is 38.0 Å². The molecular weight excluding hydrogens is 524 g/mol. The molecule has 41 heavy (non-hydrogen) atoms. The topological polar surface area (TPSA) is 81.7 Å². The molecule has 2 aromatic carbocycles. The maximum absolute atomic E-state index is 13.6. The Hall–Kier alpha value is -3.33. The molecule has 0 saturated carbocycles. The van der Waals surface area contributed by atoms with Crippen LogP contribution >= 0.6 is 0 Å².